The maximum absolute atomic E-state index is 6.01. The highest BCUT2D eigenvalue weighted by Gasteiger charge is 2.19. The van der Waals surface area contributed by atoms with E-state index in [0.717, 1.165) is 5.82 Å². The molecule has 3 heteroatoms. The molecule has 0 aliphatic heterocycles. The fourth-order valence-electron chi connectivity index (χ4n) is 2.48. The minimum Gasteiger partial charge on any atom is -0.337 e. The van der Waals surface area contributed by atoms with Crippen molar-refractivity contribution in [3.05, 3.63) is 53.1 Å². The summed E-state index contributed by atoms with van der Waals surface area (Å²) < 4.78 is 2.05. The fraction of sp³-hybridized carbons (Fsp3) is 0.438. The maximum atomic E-state index is 6.01. The van der Waals surface area contributed by atoms with Crippen molar-refractivity contribution in [1.82, 2.24) is 9.55 Å². The second-order valence-corrected chi connectivity index (χ2v) is 5.46. The van der Waals surface area contributed by atoms with Crippen LogP contribution in [-0.2, 0) is 7.05 Å². The molecule has 0 radical (unpaired) electrons. The van der Waals surface area contributed by atoms with Crippen molar-refractivity contribution in [2.45, 2.75) is 32.6 Å². The lowest BCUT2D eigenvalue weighted by Crippen LogP contribution is -2.18. The van der Waals surface area contributed by atoms with Gasteiger partial charge in [-0.05, 0) is 29.5 Å². The van der Waals surface area contributed by atoms with Gasteiger partial charge in [-0.1, -0.05) is 32.0 Å². The summed E-state index contributed by atoms with van der Waals surface area (Å²) in [6.07, 6.45) is 3.80. The number of benzene rings is 1. The number of aromatic nitrogens is 2. The zero-order valence-corrected chi connectivity index (χ0v) is 12.2. The highest BCUT2D eigenvalue weighted by molar-refractivity contribution is 5.38. The van der Waals surface area contributed by atoms with Crippen LogP contribution < -0.4 is 5.73 Å². The Morgan fingerprint density at radius 2 is 2.05 bits per heavy atom. The summed E-state index contributed by atoms with van der Waals surface area (Å²) in [7, 11) is 2.02. The van der Waals surface area contributed by atoms with Crippen molar-refractivity contribution in [2.75, 3.05) is 6.54 Å². The van der Waals surface area contributed by atoms with Crippen molar-refractivity contribution < 1.29 is 0 Å². The molecule has 102 valence electrons. The molecule has 2 N–H and O–H groups in total. The summed E-state index contributed by atoms with van der Waals surface area (Å²) in [6, 6.07) is 6.68. The summed E-state index contributed by atoms with van der Waals surface area (Å²) in [5.74, 6) is 1.73. The molecule has 1 atom stereocenters. The number of rotatable bonds is 4. The van der Waals surface area contributed by atoms with Gasteiger partial charge in [-0.25, -0.2) is 4.98 Å². The summed E-state index contributed by atoms with van der Waals surface area (Å²) in [5.41, 5.74) is 9.94. The molecule has 1 aromatic heterocycles. The molecule has 3 nitrogen and oxygen atoms in total. The zero-order valence-electron chi connectivity index (χ0n) is 12.2. The van der Waals surface area contributed by atoms with Gasteiger partial charge in [0.1, 0.15) is 5.82 Å². The lowest BCUT2D eigenvalue weighted by molar-refractivity contribution is 0.693. The summed E-state index contributed by atoms with van der Waals surface area (Å²) in [6.45, 7) is 7.15. The van der Waals surface area contributed by atoms with Crippen LogP contribution in [0.1, 0.15) is 48.2 Å². The van der Waals surface area contributed by atoms with Crippen LogP contribution in [0.15, 0.2) is 30.6 Å². The van der Waals surface area contributed by atoms with E-state index in [9.17, 15) is 0 Å². The number of aryl methyl sites for hydroxylation is 2. The van der Waals surface area contributed by atoms with Crippen LogP contribution in [0.25, 0.3) is 0 Å². The Labute approximate surface area is 115 Å². The molecule has 0 saturated heterocycles. The van der Waals surface area contributed by atoms with E-state index in [-0.39, 0.29) is 5.92 Å². The molecule has 2 aromatic rings. The summed E-state index contributed by atoms with van der Waals surface area (Å²) in [4.78, 5) is 4.46. The van der Waals surface area contributed by atoms with Crippen molar-refractivity contribution >= 4 is 0 Å². The quantitative estimate of drug-likeness (QED) is 0.915. The van der Waals surface area contributed by atoms with Gasteiger partial charge < -0.3 is 10.3 Å². The Morgan fingerprint density at radius 1 is 1.32 bits per heavy atom. The van der Waals surface area contributed by atoms with Gasteiger partial charge in [0.15, 0.2) is 0 Å². The third-order valence-electron chi connectivity index (χ3n) is 3.75. The number of hydrogen-bond donors (Lipinski definition) is 1. The lowest BCUT2D eigenvalue weighted by Gasteiger charge is -2.19. The first-order valence-electron chi connectivity index (χ1n) is 6.82. The van der Waals surface area contributed by atoms with Crippen LogP contribution in [-0.4, -0.2) is 16.1 Å². The maximum Gasteiger partial charge on any atom is 0.117 e. The van der Waals surface area contributed by atoms with E-state index < -0.39 is 0 Å². The fourth-order valence-corrected chi connectivity index (χ4v) is 2.48. The smallest absolute Gasteiger partial charge is 0.117 e. The Bertz CT molecular complexity index is 555. The Kier molecular flexibility index (Phi) is 4.05. The van der Waals surface area contributed by atoms with Crippen LogP contribution in [0.2, 0.25) is 0 Å². The molecule has 0 bridgehead atoms. The molecule has 1 unspecified atom stereocenters. The molecular weight excluding hydrogens is 234 g/mol. The predicted molar refractivity (Wildman–Crippen MR) is 79.4 cm³/mol. The van der Waals surface area contributed by atoms with Crippen LogP contribution in [0.4, 0.5) is 0 Å². The molecule has 0 fully saturated rings. The molecule has 0 amide bonds. The van der Waals surface area contributed by atoms with E-state index in [1.165, 1.54) is 16.7 Å². The molecule has 0 saturated carbocycles. The standard InChI is InChI=1S/C16H23N3/c1-11(2)13-6-5-12(3)14(9-13)15(10-17)16-18-7-8-19(16)4/h5-9,11,15H,10,17H2,1-4H3. The van der Waals surface area contributed by atoms with Crippen molar-refractivity contribution in [2.24, 2.45) is 12.8 Å². The third-order valence-corrected chi connectivity index (χ3v) is 3.75. The van der Waals surface area contributed by atoms with Crippen LogP contribution in [0, 0.1) is 6.92 Å². The van der Waals surface area contributed by atoms with E-state index in [1.807, 2.05) is 19.4 Å². The normalized spacial score (nSPS) is 12.9. The van der Waals surface area contributed by atoms with Gasteiger partial charge in [-0.15, -0.1) is 0 Å². The highest BCUT2D eigenvalue weighted by Crippen LogP contribution is 2.28. The molecule has 1 heterocycles. The van der Waals surface area contributed by atoms with E-state index >= 15 is 0 Å². The molecule has 0 aliphatic rings. The zero-order chi connectivity index (χ0) is 14.0. The molecule has 0 spiro atoms. The van der Waals surface area contributed by atoms with E-state index in [1.54, 1.807) is 0 Å². The van der Waals surface area contributed by atoms with Gasteiger partial charge in [-0.3, -0.25) is 0 Å². The largest absolute Gasteiger partial charge is 0.337 e. The average molecular weight is 257 g/mol. The molecular formula is C16H23N3. The van der Waals surface area contributed by atoms with Crippen LogP contribution >= 0.6 is 0 Å². The minimum absolute atomic E-state index is 0.165. The first kappa shape index (κ1) is 13.8. The summed E-state index contributed by atoms with van der Waals surface area (Å²) in [5, 5.41) is 0. The van der Waals surface area contributed by atoms with Gasteiger partial charge in [0.25, 0.3) is 0 Å². The van der Waals surface area contributed by atoms with Crippen molar-refractivity contribution in [3.63, 3.8) is 0 Å². The van der Waals surface area contributed by atoms with Crippen LogP contribution in [0.3, 0.4) is 0 Å². The topological polar surface area (TPSA) is 43.8 Å². The molecule has 2 rings (SSSR count). The Balaban J connectivity index is 2.49. The summed E-state index contributed by atoms with van der Waals surface area (Å²) >= 11 is 0. The molecule has 0 aliphatic carbocycles. The van der Waals surface area contributed by atoms with Gasteiger partial charge in [0, 0.05) is 26.0 Å². The minimum atomic E-state index is 0.165. The van der Waals surface area contributed by atoms with Gasteiger partial charge in [0.2, 0.25) is 0 Å². The van der Waals surface area contributed by atoms with Crippen molar-refractivity contribution in [1.29, 1.82) is 0 Å². The predicted octanol–water partition coefficient (Wildman–Crippen LogP) is 2.94. The first-order valence-corrected chi connectivity index (χ1v) is 6.82. The second-order valence-electron chi connectivity index (χ2n) is 5.46. The number of nitrogens with two attached hydrogens (primary N) is 1. The monoisotopic (exact) mass is 257 g/mol. The number of nitrogens with zero attached hydrogens (tertiary/aromatic N) is 2. The Hall–Kier alpha value is -1.61. The van der Waals surface area contributed by atoms with Gasteiger partial charge in [0.05, 0.1) is 5.92 Å². The molecule has 19 heavy (non-hydrogen) atoms. The average Bonchev–Trinajstić information content (AvgIpc) is 2.79. The second kappa shape index (κ2) is 5.57. The van der Waals surface area contributed by atoms with Crippen LogP contribution in [0.5, 0.6) is 0 Å². The SMILES string of the molecule is Cc1ccc(C(C)C)cc1C(CN)c1nccn1C. The van der Waals surface area contributed by atoms with E-state index in [0.29, 0.717) is 12.5 Å². The van der Waals surface area contributed by atoms with E-state index in [2.05, 4.69) is 48.5 Å². The lowest BCUT2D eigenvalue weighted by atomic mass is 9.89. The number of hydrogen-bond acceptors (Lipinski definition) is 2. The third kappa shape index (κ3) is 2.71. The van der Waals surface area contributed by atoms with Gasteiger partial charge in [-0.2, -0.15) is 0 Å². The molecule has 1 aromatic carbocycles. The number of imidazole rings is 1. The Morgan fingerprint density at radius 3 is 2.58 bits per heavy atom. The van der Waals surface area contributed by atoms with E-state index in [4.69, 9.17) is 5.73 Å². The van der Waals surface area contributed by atoms with Crippen molar-refractivity contribution in [3.8, 4) is 0 Å². The van der Waals surface area contributed by atoms with Gasteiger partial charge >= 0.3 is 0 Å². The highest BCUT2D eigenvalue weighted by atomic mass is 15.0. The first-order chi connectivity index (χ1) is 9.04.